The monoisotopic (exact) mass is 655 g/mol. The zero-order valence-electron chi connectivity index (χ0n) is 24.4. The number of hydrogen-bond donors (Lipinski definition) is 1. The van der Waals surface area contributed by atoms with Gasteiger partial charge < -0.3 is 5.32 Å². The lowest BCUT2D eigenvalue weighted by Gasteiger charge is -2.22. The van der Waals surface area contributed by atoms with Crippen LogP contribution in [0.2, 0.25) is 0 Å². The zero-order valence-corrected chi connectivity index (χ0v) is 26.0. The Labute approximate surface area is 270 Å². The highest BCUT2D eigenvalue weighted by atomic mass is 32.2. The third-order valence-corrected chi connectivity index (χ3v) is 9.09. The second-order valence-electron chi connectivity index (χ2n) is 10.4. The number of benzene rings is 3. The van der Waals surface area contributed by atoms with Gasteiger partial charge in [0.2, 0.25) is 0 Å². The molecule has 0 unspecified atom stereocenters. The van der Waals surface area contributed by atoms with E-state index >= 15 is 0 Å². The fraction of sp³-hybridized carbons (Fsp3) is 0.156. The van der Waals surface area contributed by atoms with Crippen LogP contribution in [-0.4, -0.2) is 48.0 Å². The zero-order chi connectivity index (χ0) is 32.2. The molecule has 0 saturated carbocycles. The van der Waals surface area contributed by atoms with E-state index in [9.17, 15) is 24.1 Å². The first-order valence-corrected chi connectivity index (χ1v) is 16.0. The number of nitrogens with zero attached hydrogens (tertiary/aromatic N) is 6. The highest BCUT2D eigenvalue weighted by molar-refractivity contribution is 7.99. The molecular weight excluding hydrogens is 630 g/mol. The minimum atomic E-state index is -0.530. The Morgan fingerprint density at radius 3 is 2.54 bits per heavy atom. The van der Waals surface area contributed by atoms with Crippen LogP contribution in [0, 0.1) is 22.9 Å². The Hall–Kier alpha value is -5.21. The van der Waals surface area contributed by atoms with Crippen LogP contribution < -0.4 is 5.32 Å². The molecule has 1 N–H and O–H groups in total. The Bertz CT molecular complexity index is 1930. The van der Waals surface area contributed by atoms with E-state index in [1.165, 1.54) is 53.2 Å². The standard InChI is InChI=1S/C32H26FN7O4S2/c1-20-4-2-5-25(16-20)38-29(18-34-31(42)22-9-13-24(14-10-22)40(43)44)35-36-32(38)46-19-30(41)39-27(21-7-11-23(33)12-8-21)17-26(37-39)28-6-3-15-45-28/h2-16,27H,17-19H2,1H3,(H,34,42)/t27-/m1/s1. The van der Waals surface area contributed by atoms with E-state index in [-0.39, 0.29) is 41.3 Å². The van der Waals surface area contributed by atoms with Gasteiger partial charge in [-0.2, -0.15) is 5.10 Å². The van der Waals surface area contributed by atoms with Crippen molar-refractivity contribution >= 4 is 46.3 Å². The van der Waals surface area contributed by atoms with Crippen LogP contribution >= 0.6 is 23.1 Å². The van der Waals surface area contributed by atoms with Crippen molar-refractivity contribution in [2.75, 3.05) is 5.75 Å². The van der Waals surface area contributed by atoms with Gasteiger partial charge in [0.1, 0.15) is 5.82 Å². The maximum atomic E-state index is 13.7. The summed E-state index contributed by atoms with van der Waals surface area (Å²) in [4.78, 5) is 37.9. The molecule has 0 bridgehead atoms. The smallest absolute Gasteiger partial charge is 0.269 e. The number of carbonyl (C=O) groups is 2. The molecule has 0 fully saturated rings. The molecule has 3 aromatic carbocycles. The predicted molar refractivity (Wildman–Crippen MR) is 173 cm³/mol. The molecule has 1 aliphatic rings. The Kier molecular flexibility index (Phi) is 8.99. The van der Waals surface area contributed by atoms with Crippen LogP contribution in [-0.2, 0) is 11.3 Å². The molecule has 1 atom stereocenters. The average Bonchev–Trinajstić information content (AvgIpc) is 3.83. The van der Waals surface area contributed by atoms with Gasteiger partial charge in [0.05, 0.1) is 33.9 Å². The average molecular weight is 656 g/mol. The van der Waals surface area contributed by atoms with Crippen LogP contribution in [0.15, 0.2) is 101 Å². The number of carbonyl (C=O) groups excluding carboxylic acids is 2. The number of aryl methyl sites for hydroxylation is 1. The topological polar surface area (TPSA) is 136 Å². The molecule has 14 heteroatoms. The van der Waals surface area contributed by atoms with Gasteiger partial charge in [0.15, 0.2) is 11.0 Å². The molecule has 0 saturated heterocycles. The lowest BCUT2D eigenvalue weighted by Crippen LogP contribution is -2.28. The maximum Gasteiger partial charge on any atom is 0.269 e. The number of hydrazone groups is 1. The molecule has 0 spiro atoms. The molecule has 1 aliphatic heterocycles. The summed E-state index contributed by atoms with van der Waals surface area (Å²) in [6.45, 7) is 1.96. The lowest BCUT2D eigenvalue weighted by molar-refractivity contribution is -0.384. The Morgan fingerprint density at radius 1 is 1.07 bits per heavy atom. The van der Waals surface area contributed by atoms with Gasteiger partial charge >= 0.3 is 0 Å². The largest absolute Gasteiger partial charge is 0.345 e. The lowest BCUT2D eigenvalue weighted by atomic mass is 10.0. The first kappa shape index (κ1) is 30.8. The van der Waals surface area contributed by atoms with Crippen molar-refractivity contribution in [1.82, 2.24) is 25.1 Å². The number of nitrogens with one attached hydrogen (secondary N) is 1. The van der Waals surface area contributed by atoms with Gasteiger partial charge in [-0.05, 0) is 65.9 Å². The SMILES string of the molecule is Cc1cccc(-n2c(CNC(=O)c3ccc([N+](=O)[O-])cc3)nnc2SCC(=O)N2N=C(c3cccs3)C[C@@H]2c2ccc(F)cc2)c1. The van der Waals surface area contributed by atoms with E-state index in [0.29, 0.717) is 17.4 Å². The van der Waals surface area contributed by atoms with Crippen molar-refractivity contribution < 1.29 is 18.9 Å². The highest BCUT2D eigenvalue weighted by Crippen LogP contribution is 2.35. The van der Waals surface area contributed by atoms with Crippen molar-refractivity contribution in [1.29, 1.82) is 0 Å². The number of non-ortho nitro benzene ring substituents is 1. The number of rotatable bonds is 10. The van der Waals surface area contributed by atoms with E-state index in [0.717, 1.165) is 27.4 Å². The number of hydrogen-bond acceptors (Lipinski definition) is 9. The van der Waals surface area contributed by atoms with Crippen molar-refractivity contribution in [2.24, 2.45) is 5.10 Å². The van der Waals surface area contributed by atoms with Gasteiger partial charge in [-0.1, -0.05) is 42.1 Å². The molecule has 0 radical (unpaired) electrons. The number of nitro groups is 1. The molecule has 3 heterocycles. The normalized spacial score (nSPS) is 14.3. The van der Waals surface area contributed by atoms with Crippen LogP contribution in [0.3, 0.4) is 0 Å². The second-order valence-corrected chi connectivity index (χ2v) is 12.3. The fourth-order valence-corrected chi connectivity index (χ4v) is 6.54. The van der Waals surface area contributed by atoms with Crippen molar-refractivity contribution in [3.63, 3.8) is 0 Å². The maximum absolute atomic E-state index is 13.7. The first-order valence-electron chi connectivity index (χ1n) is 14.1. The number of thiophene rings is 1. The van der Waals surface area contributed by atoms with E-state index in [4.69, 9.17) is 0 Å². The third kappa shape index (κ3) is 6.72. The van der Waals surface area contributed by atoms with Crippen LogP contribution in [0.25, 0.3) is 5.69 Å². The predicted octanol–water partition coefficient (Wildman–Crippen LogP) is 6.08. The molecule has 46 heavy (non-hydrogen) atoms. The van der Waals surface area contributed by atoms with Crippen LogP contribution in [0.5, 0.6) is 0 Å². The van der Waals surface area contributed by atoms with Gasteiger partial charge in [-0.15, -0.1) is 21.5 Å². The summed E-state index contributed by atoms with van der Waals surface area (Å²) in [5.41, 5.74) is 3.46. The van der Waals surface area contributed by atoms with Gasteiger partial charge in [-0.3, -0.25) is 24.3 Å². The van der Waals surface area contributed by atoms with Gasteiger partial charge in [0.25, 0.3) is 17.5 Å². The minimum Gasteiger partial charge on any atom is -0.345 e. The second kappa shape index (κ2) is 13.4. The summed E-state index contributed by atoms with van der Waals surface area (Å²) in [5.74, 6) is -0.613. The highest BCUT2D eigenvalue weighted by Gasteiger charge is 2.33. The summed E-state index contributed by atoms with van der Waals surface area (Å²) in [6.07, 6.45) is 0.501. The number of halogens is 1. The number of aromatic nitrogens is 3. The summed E-state index contributed by atoms with van der Waals surface area (Å²) in [6, 6.07) is 22.6. The summed E-state index contributed by atoms with van der Waals surface area (Å²) in [7, 11) is 0. The van der Waals surface area contributed by atoms with Crippen molar-refractivity contribution in [2.45, 2.75) is 31.1 Å². The molecule has 2 aromatic heterocycles. The number of thioether (sulfide) groups is 1. The number of amides is 2. The van der Waals surface area contributed by atoms with Crippen molar-refractivity contribution in [3.05, 3.63) is 134 Å². The molecule has 11 nitrogen and oxygen atoms in total. The molecule has 5 aromatic rings. The molecule has 232 valence electrons. The minimum absolute atomic E-state index is 0.00197. The van der Waals surface area contributed by atoms with E-state index in [1.54, 1.807) is 28.0 Å². The molecule has 0 aliphatic carbocycles. The van der Waals surface area contributed by atoms with Crippen LogP contribution in [0.4, 0.5) is 10.1 Å². The molecule has 2 amide bonds. The fourth-order valence-electron chi connectivity index (χ4n) is 5.00. The summed E-state index contributed by atoms with van der Waals surface area (Å²) >= 11 is 2.73. The Morgan fingerprint density at radius 2 is 1.85 bits per heavy atom. The van der Waals surface area contributed by atoms with Crippen LogP contribution in [0.1, 0.15) is 44.6 Å². The van der Waals surface area contributed by atoms with Gasteiger partial charge in [-0.25, -0.2) is 9.40 Å². The number of nitro benzene ring substituents is 1. The first-order chi connectivity index (χ1) is 22.3. The molecular formula is C32H26FN7O4S2. The van der Waals surface area contributed by atoms with Gasteiger partial charge in [0, 0.05) is 29.8 Å². The van der Waals surface area contributed by atoms with E-state index < -0.39 is 10.8 Å². The molecule has 6 rings (SSSR count). The van der Waals surface area contributed by atoms with Crippen molar-refractivity contribution in [3.8, 4) is 5.69 Å². The van der Waals surface area contributed by atoms with E-state index in [2.05, 4.69) is 20.6 Å². The summed E-state index contributed by atoms with van der Waals surface area (Å²) < 4.78 is 15.5. The third-order valence-electron chi connectivity index (χ3n) is 7.26. The quantitative estimate of drug-likeness (QED) is 0.109. The van der Waals surface area contributed by atoms with E-state index in [1.807, 2.05) is 48.7 Å². The summed E-state index contributed by atoms with van der Waals surface area (Å²) in [5, 5.41) is 31.0. The Balaban J connectivity index is 1.22.